The molecule has 0 atom stereocenters. The van der Waals surface area contributed by atoms with E-state index in [1.807, 2.05) is 49.4 Å². The summed E-state index contributed by atoms with van der Waals surface area (Å²) in [4.78, 5) is 12.5. The third kappa shape index (κ3) is 4.09. The number of furan rings is 1. The van der Waals surface area contributed by atoms with Crippen molar-refractivity contribution in [3.63, 3.8) is 0 Å². The van der Waals surface area contributed by atoms with Gasteiger partial charge in [-0.05, 0) is 36.6 Å². The Hall–Kier alpha value is -3.46. The van der Waals surface area contributed by atoms with Gasteiger partial charge in [0.25, 0.3) is 0 Å². The maximum Gasteiger partial charge on any atom is 0.234 e. The van der Waals surface area contributed by atoms with E-state index < -0.39 is 0 Å². The number of amides is 1. The van der Waals surface area contributed by atoms with Gasteiger partial charge >= 0.3 is 0 Å². The van der Waals surface area contributed by atoms with Crippen LogP contribution in [-0.4, -0.2) is 33.6 Å². The number of thioether (sulfide) groups is 1. The molecule has 0 aliphatic rings. The fraction of sp³-hybridized carbons (Fsp3) is 0.227. The lowest BCUT2D eigenvalue weighted by Crippen LogP contribution is -2.17. The second-order valence-electron chi connectivity index (χ2n) is 6.96. The van der Waals surface area contributed by atoms with Gasteiger partial charge in [0.05, 0.1) is 12.9 Å². The first kappa shape index (κ1) is 20.8. The van der Waals surface area contributed by atoms with Gasteiger partial charge in [-0.3, -0.25) is 4.79 Å². The molecule has 3 N–H and O–H groups in total. The number of nitrogens with one attached hydrogen (secondary N) is 1. The molecule has 2 heterocycles. The van der Waals surface area contributed by atoms with Gasteiger partial charge < -0.3 is 20.3 Å². The molecule has 0 aliphatic heterocycles. The normalized spacial score (nSPS) is 11.1. The van der Waals surface area contributed by atoms with Crippen molar-refractivity contribution in [2.45, 2.75) is 25.4 Å². The molecule has 8 nitrogen and oxygen atoms in total. The van der Waals surface area contributed by atoms with Crippen molar-refractivity contribution in [3.05, 3.63) is 53.6 Å². The van der Waals surface area contributed by atoms with Crippen molar-refractivity contribution >= 4 is 34.3 Å². The van der Waals surface area contributed by atoms with Crippen LogP contribution in [-0.2, 0) is 11.2 Å². The second kappa shape index (κ2) is 8.73. The fourth-order valence-corrected chi connectivity index (χ4v) is 4.01. The Morgan fingerprint density at radius 2 is 2.06 bits per heavy atom. The molecule has 0 aliphatic carbocycles. The number of aryl methyl sites for hydroxylation is 2. The highest BCUT2D eigenvalue weighted by molar-refractivity contribution is 7.99. The molecule has 0 unspecified atom stereocenters. The van der Waals surface area contributed by atoms with E-state index in [9.17, 15) is 4.79 Å². The molecule has 9 heteroatoms. The van der Waals surface area contributed by atoms with Crippen LogP contribution in [0.4, 0.5) is 5.69 Å². The first-order valence-corrected chi connectivity index (χ1v) is 10.8. The molecule has 0 radical (unpaired) electrons. The minimum Gasteiger partial charge on any atom is -0.493 e. The van der Waals surface area contributed by atoms with Crippen molar-refractivity contribution in [1.82, 2.24) is 14.9 Å². The van der Waals surface area contributed by atoms with Gasteiger partial charge in [0.2, 0.25) is 16.9 Å². The molecule has 0 saturated heterocycles. The Morgan fingerprint density at radius 3 is 2.84 bits per heavy atom. The summed E-state index contributed by atoms with van der Waals surface area (Å²) in [5, 5.41) is 12.5. The highest BCUT2D eigenvalue weighted by Crippen LogP contribution is 2.33. The summed E-state index contributed by atoms with van der Waals surface area (Å²) in [7, 11) is 1.59. The number of nitrogens with zero attached hydrogens (tertiary/aromatic N) is 3. The van der Waals surface area contributed by atoms with Gasteiger partial charge in [0.1, 0.15) is 0 Å². The number of hydrogen-bond acceptors (Lipinski definition) is 7. The average molecular weight is 438 g/mol. The van der Waals surface area contributed by atoms with Gasteiger partial charge in [0, 0.05) is 11.1 Å². The number of fused-ring (bicyclic) bond motifs is 1. The first-order valence-electron chi connectivity index (χ1n) is 9.80. The van der Waals surface area contributed by atoms with Crippen LogP contribution in [0.15, 0.2) is 52.0 Å². The molecular weight excluding hydrogens is 414 g/mol. The monoisotopic (exact) mass is 437 g/mol. The number of para-hydroxylation sites is 2. The largest absolute Gasteiger partial charge is 0.493 e. The highest BCUT2D eigenvalue weighted by atomic mass is 32.2. The number of hydrogen-bond donors (Lipinski definition) is 2. The molecule has 0 spiro atoms. The molecule has 2 aromatic heterocycles. The quantitative estimate of drug-likeness (QED) is 0.332. The maximum absolute atomic E-state index is 12.5. The molecule has 4 rings (SSSR count). The Balaban J connectivity index is 1.49. The van der Waals surface area contributed by atoms with E-state index in [-0.39, 0.29) is 11.7 Å². The number of nitrogens with two attached hydrogens (primary N) is 1. The van der Waals surface area contributed by atoms with Gasteiger partial charge in [-0.1, -0.05) is 49.0 Å². The van der Waals surface area contributed by atoms with Crippen LogP contribution in [0.5, 0.6) is 5.75 Å². The number of anilines is 1. The van der Waals surface area contributed by atoms with E-state index in [0.717, 1.165) is 28.6 Å². The first-order chi connectivity index (χ1) is 15.0. The van der Waals surface area contributed by atoms with Crippen LogP contribution >= 0.6 is 11.8 Å². The minimum absolute atomic E-state index is 0.132. The van der Waals surface area contributed by atoms with Crippen LogP contribution < -0.4 is 15.9 Å². The Kier molecular flexibility index (Phi) is 5.85. The minimum atomic E-state index is -0.132. The van der Waals surface area contributed by atoms with Gasteiger partial charge in [-0.25, -0.2) is 4.68 Å². The van der Waals surface area contributed by atoms with E-state index in [2.05, 4.69) is 22.4 Å². The van der Waals surface area contributed by atoms with E-state index in [1.165, 1.54) is 16.4 Å². The van der Waals surface area contributed by atoms with E-state index in [1.54, 1.807) is 7.11 Å². The summed E-state index contributed by atoms with van der Waals surface area (Å²) in [5.74, 6) is 7.67. The number of carbonyl (C=O) groups is 1. The number of carbonyl (C=O) groups excluding carboxylic acids is 1. The third-order valence-corrected chi connectivity index (χ3v) is 5.89. The summed E-state index contributed by atoms with van der Waals surface area (Å²) in [6.07, 6.45) is 0.840. The molecule has 160 valence electrons. The van der Waals surface area contributed by atoms with Crippen molar-refractivity contribution < 1.29 is 13.9 Å². The van der Waals surface area contributed by atoms with Crippen LogP contribution in [0.2, 0.25) is 0 Å². The van der Waals surface area contributed by atoms with Crippen molar-refractivity contribution in [1.29, 1.82) is 0 Å². The molecule has 2 aromatic carbocycles. The molecule has 0 saturated carbocycles. The van der Waals surface area contributed by atoms with Crippen LogP contribution in [0, 0.1) is 6.92 Å². The summed E-state index contributed by atoms with van der Waals surface area (Å²) in [5.41, 5.74) is 3.61. The highest BCUT2D eigenvalue weighted by Gasteiger charge is 2.19. The zero-order valence-corrected chi connectivity index (χ0v) is 18.3. The summed E-state index contributed by atoms with van der Waals surface area (Å²) >= 11 is 1.21. The molecule has 0 bridgehead atoms. The fourth-order valence-electron chi connectivity index (χ4n) is 3.36. The van der Waals surface area contributed by atoms with Crippen molar-refractivity contribution in [3.8, 4) is 17.3 Å². The number of ether oxygens (including phenoxy) is 1. The third-order valence-electron chi connectivity index (χ3n) is 4.95. The van der Waals surface area contributed by atoms with Crippen LogP contribution in [0.1, 0.15) is 18.1 Å². The second-order valence-corrected chi connectivity index (χ2v) is 7.91. The number of rotatable bonds is 7. The van der Waals surface area contributed by atoms with Gasteiger partial charge in [-0.15, -0.1) is 10.2 Å². The zero-order chi connectivity index (χ0) is 22.0. The van der Waals surface area contributed by atoms with E-state index in [4.69, 9.17) is 15.0 Å². The lowest BCUT2D eigenvalue weighted by atomic mass is 10.1. The Morgan fingerprint density at radius 1 is 1.26 bits per heavy atom. The lowest BCUT2D eigenvalue weighted by molar-refractivity contribution is -0.113. The molecule has 4 aromatic rings. The topological polar surface area (TPSA) is 108 Å². The lowest BCUT2D eigenvalue weighted by Gasteiger charge is -2.12. The molecular formula is C22H23N5O3S. The number of benzene rings is 2. The summed E-state index contributed by atoms with van der Waals surface area (Å²) < 4.78 is 12.6. The molecule has 0 fully saturated rings. The van der Waals surface area contributed by atoms with E-state index in [0.29, 0.717) is 28.1 Å². The average Bonchev–Trinajstić information content (AvgIpc) is 3.36. The number of nitrogen functional groups attached to an aromatic ring is 1. The van der Waals surface area contributed by atoms with E-state index >= 15 is 0 Å². The van der Waals surface area contributed by atoms with Crippen molar-refractivity contribution in [2.24, 2.45) is 0 Å². The number of aromatic nitrogens is 3. The Bertz CT molecular complexity index is 1250. The van der Waals surface area contributed by atoms with Crippen LogP contribution in [0.25, 0.3) is 22.6 Å². The predicted molar refractivity (Wildman–Crippen MR) is 122 cm³/mol. The standard InChI is InChI=1S/C22H23N5O3S/c1-4-14-8-5-7-13(2)19(14)24-18(28)12-31-22-26-25-21(27(22)23)17-11-15-9-6-10-16(29-3)20(15)30-17/h5-11H,4,12,23H2,1-3H3,(H,24,28). The zero-order valence-electron chi connectivity index (χ0n) is 17.5. The van der Waals surface area contributed by atoms with Gasteiger partial charge in [-0.2, -0.15) is 0 Å². The summed E-state index contributed by atoms with van der Waals surface area (Å²) in [6, 6.07) is 13.4. The maximum atomic E-state index is 12.5. The van der Waals surface area contributed by atoms with Crippen LogP contribution in [0.3, 0.4) is 0 Å². The molecule has 1 amide bonds. The smallest absolute Gasteiger partial charge is 0.234 e. The van der Waals surface area contributed by atoms with Crippen molar-refractivity contribution in [2.75, 3.05) is 24.0 Å². The molecule has 31 heavy (non-hydrogen) atoms. The SMILES string of the molecule is CCc1cccc(C)c1NC(=O)CSc1nnc(-c2cc3cccc(OC)c3o2)n1N. The number of methoxy groups -OCH3 is 1. The summed E-state index contributed by atoms with van der Waals surface area (Å²) in [6.45, 7) is 4.04. The van der Waals surface area contributed by atoms with Gasteiger partial charge in [0.15, 0.2) is 17.1 Å². The predicted octanol–water partition coefficient (Wildman–Crippen LogP) is 4.02. The Labute approximate surface area is 183 Å².